The molecule has 0 spiro atoms. The Bertz CT molecular complexity index is 717. The number of nitrogens with one attached hydrogen (secondary N) is 1. The van der Waals surface area contributed by atoms with E-state index in [1.165, 1.54) is 38.5 Å². The molecule has 6 rings (SSSR count). The van der Waals surface area contributed by atoms with Crippen LogP contribution in [0.5, 0.6) is 0 Å². The normalized spacial score (nSPS) is 34.2. The van der Waals surface area contributed by atoms with Crippen molar-refractivity contribution < 1.29 is 9.53 Å². The molecule has 0 aliphatic heterocycles. The van der Waals surface area contributed by atoms with E-state index in [9.17, 15) is 4.79 Å². The predicted octanol–water partition coefficient (Wildman–Crippen LogP) is 4.21. The molecule has 4 nitrogen and oxygen atoms in total. The highest BCUT2D eigenvalue weighted by Gasteiger charge is 2.51. The number of fused-ring (bicyclic) bond motifs is 1. The Morgan fingerprint density at radius 2 is 1.92 bits per heavy atom. The highest BCUT2D eigenvalue weighted by atomic mass is 16.5. The third kappa shape index (κ3) is 2.49. The average molecular weight is 338 g/mol. The number of hydrogen-bond acceptors (Lipinski definition) is 4. The van der Waals surface area contributed by atoms with Crippen molar-refractivity contribution in [2.75, 3.05) is 11.9 Å². The lowest BCUT2D eigenvalue weighted by atomic mass is 9.53. The molecule has 4 fully saturated rings. The molecule has 0 amide bonds. The summed E-state index contributed by atoms with van der Waals surface area (Å²) in [6.07, 6.45) is 14.8. The van der Waals surface area contributed by atoms with Gasteiger partial charge in [-0.05, 0) is 63.2 Å². The van der Waals surface area contributed by atoms with Crippen molar-refractivity contribution in [3.8, 4) is 0 Å². The molecule has 1 heterocycles. The van der Waals surface area contributed by atoms with E-state index in [4.69, 9.17) is 4.74 Å². The second-order valence-corrected chi connectivity index (χ2v) is 8.56. The number of carbonyl (C=O) groups is 1. The number of ether oxygens (including phenoxy) is 1. The summed E-state index contributed by atoms with van der Waals surface area (Å²) in [6.45, 7) is 2.24. The Hall–Kier alpha value is -1.84. The molecule has 132 valence electrons. The molecule has 1 aromatic heterocycles. The fourth-order valence-corrected chi connectivity index (χ4v) is 6.22. The van der Waals surface area contributed by atoms with Crippen LogP contribution in [-0.4, -0.2) is 23.1 Å². The number of rotatable bonds is 4. The fraction of sp³-hybridized carbons (Fsp3) is 0.619. The number of allylic oxidation sites excluding steroid dienone is 1. The molecule has 4 heteroatoms. The van der Waals surface area contributed by atoms with Crippen molar-refractivity contribution in [2.24, 2.45) is 17.8 Å². The highest BCUT2D eigenvalue weighted by Crippen LogP contribution is 2.57. The SMILES string of the molecule is CCOC(=O)c1cnc2c(c1NC13CC4CC(CC(C4)C1)C3)C=CC2. The second-order valence-electron chi connectivity index (χ2n) is 8.56. The van der Waals surface area contributed by atoms with E-state index < -0.39 is 0 Å². The number of carbonyl (C=O) groups excluding carboxylic acids is 1. The molecule has 25 heavy (non-hydrogen) atoms. The van der Waals surface area contributed by atoms with E-state index in [0.717, 1.165) is 41.1 Å². The summed E-state index contributed by atoms with van der Waals surface area (Å²) >= 11 is 0. The van der Waals surface area contributed by atoms with Crippen molar-refractivity contribution in [1.29, 1.82) is 0 Å². The third-order valence-electron chi connectivity index (χ3n) is 6.72. The minimum Gasteiger partial charge on any atom is -0.462 e. The predicted molar refractivity (Wildman–Crippen MR) is 97.5 cm³/mol. The summed E-state index contributed by atoms with van der Waals surface area (Å²) in [5.41, 5.74) is 3.91. The van der Waals surface area contributed by atoms with Crippen LogP contribution in [0.1, 0.15) is 67.1 Å². The molecule has 4 saturated carbocycles. The van der Waals surface area contributed by atoms with Crippen molar-refractivity contribution in [3.63, 3.8) is 0 Å². The lowest BCUT2D eigenvalue weighted by Crippen LogP contribution is -2.55. The molecule has 0 saturated heterocycles. The Morgan fingerprint density at radius 3 is 2.56 bits per heavy atom. The first-order valence-electron chi connectivity index (χ1n) is 9.79. The van der Waals surface area contributed by atoms with Gasteiger partial charge in [0.2, 0.25) is 0 Å². The zero-order valence-electron chi connectivity index (χ0n) is 14.9. The number of hydrogen-bond donors (Lipinski definition) is 1. The van der Waals surface area contributed by atoms with Gasteiger partial charge < -0.3 is 10.1 Å². The quantitative estimate of drug-likeness (QED) is 0.836. The van der Waals surface area contributed by atoms with Crippen LogP contribution in [0.4, 0.5) is 5.69 Å². The van der Waals surface area contributed by atoms with Crippen molar-refractivity contribution >= 4 is 17.7 Å². The number of esters is 1. The largest absolute Gasteiger partial charge is 0.462 e. The number of pyridine rings is 1. The van der Waals surface area contributed by atoms with Crippen molar-refractivity contribution in [3.05, 3.63) is 29.1 Å². The van der Waals surface area contributed by atoms with Crippen LogP contribution in [0.2, 0.25) is 0 Å². The molecule has 4 bridgehead atoms. The van der Waals surface area contributed by atoms with Gasteiger partial charge in [-0.2, -0.15) is 0 Å². The first-order valence-corrected chi connectivity index (χ1v) is 9.79. The molecule has 0 unspecified atom stereocenters. The van der Waals surface area contributed by atoms with Gasteiger partial charge in [0.15, 0.2) is 0 Å². The summed E-state index contributed by atoms with van der Waals surface area (Å²) in [5.74, 6) is 2.35. The summed E-state index contributed by atoms with van der Waals surface area (Å²) in [4.78, 5) is 17.0. The maximum atomic E-state index is 12.5. The Balaban J connectivity index is 1.54. The van der Waals surface area contributed by atoms with E-state index in [-0.39, 0.29) is 11.5 Å². The van der Waals surface area contributed by atoms with Gasteiger partial charge in [-0.3, -0.25) is 4.98 Å². The van der Waals surface area contributed by atoms with Gasteiger partial charge >= 0.3 is 5.97 Å². The van der Waals surface area contributed by atoms with E-state index in [1.54, 1.807) is 6.20 Å². The number of anilines is 1. The lowest BCUT2D eigenvalue weighted by Gasteiger charge is -2.57. The minimum absolute atomic E-state index is 0.168. The zero-order chi connectivity index (χ0) is 17.0. The summed E-state index contributed by atoms with van der Waals surface area (Å²) < 4.78 is 5.31. The molecule has 0 atom stereocenters. The monoisotopic (exact) mass is 338 g/mol. The summed E-state index contributed by atoms with van der Waals surface area (Å²) in [6, 6.07) is 0. The zero-order valence-corrected chi connectivity index (χ0v) is 14.9. The molecule has 0 aromatic carbocycles. The minimum atomic E-state index is -0.259. The summed E-state index contributed by atoms with van der Waals surface area (Å²) in [5, 5.41) is 3.90. The van der Waals surface area contributed by atoms with E-state index in [2.05, 4.69) is 22.5 Å². The van der Waals surface area contributed by atoms with Crippen molar-refractivity contribution in [2.45, 2.75) is 57.4 Å². The topological polar surface area (TPSA) is 51.2 Å². The Morgan fingerprint density at radius 1 is 1.24 bits per heavy atom. The van der Waals surface area contributed by atoms with E-state index >= 15 is 0 Å². The third-order valence-corrected chi connectivity index (χ3v) is 6.72. The second kappa shape index (κ2) is 5.58. The van der Waals surface area contributed by atoms with Gasteiger partial charge in [0.1, 0.15) is 5.56 Å². The Labute approximate surface area is 149 Å². The van der Waals surface area contributed by atoms with Gasteiger partial charge in [0.25, 0.3) is 0 Å². The lowest BCUT2D eigenvalue weighted by molar-refractivity contribution is 0.0106. The fourth-order valence-electron chi connectivity index (χ4n) is 6.22. The molecule has 0 radical (unpaired) electrons. The van der Waals surface area contributed by atoms with Crippen LogP contribution in [0, 0.1) is 17.8 Å². The van der Waals surface area contributed by atoms with E-state index in [0.29, 0.717) is 12.2 Å². The van der Waals surface area contributed by atoms with Crippen LogP contribution < -0.4 is 5.32 Å². The molecule has 5 aliphatic carbocycles. The standard InChI is InChI=1S/C21H26N2O2/c1-2-25-20(24)17-12-22-18-5-3-4-16(18)19(17)23-21-9-13-6-14(10-21)8-15(7-13)11-21/h3-4,12-15H,2,5-11H2,1H3,(H,22,23). The molecule has 5 aliphatic rings. The van der Waals surface area contributed by atoms with Crippen LogP contribution in [-0.2, 0) is 11.2 Å². The van der Waals surface area contributed by atoms with Gasteiger partial charge in [-0.1, -0.05) is 12.2 Å². The molecule has 1 N–H and O–H groups in total. The first-order chi connectivity index (χ1) is 12.2. The van der Waals surface area contributed by atoms with Gasteiger partial charge in [0, 0.05) is 23.7 Å². The van der Waals surface area contributed by atoms with Gasteiger partial charge in [0.05, 0.1) is 18.0 Å². The number of aromatic nitrogens is 1. The molecule has 1 aromatic rings. The van der Waals surface area contributed by atoms with E-state index in [1.807, 2.05) is 6.92 Å². The van der Waals surface area contributed by atoms with Gasteiger partial charge in [-0.15, -0.1) is 0 Å². The molecular formula is C21H26N2O2. The maximum absolute atomic E-state index is 12.5. The highest BCUT2D eigenvalue weighted by molar-refractivity contribution is 5.98. The maximum Gasteiger partial charge on any atom is 0.341 e. The van der Waals surface area contributed by atoms with Gasteiger partial charge in [-0.25, -0.2) is 4.79 Å². The number of nitrogens with zero attached hydrogens (tertiary/aromatic N) is 1. The van der Waals surface area contributed by atoms with Crippen LogP contribution in [0.15, 0.2) is 12.3 Å². The smallest absolute Gasteiger partial charge is 0.341 e. The summed E-state index contributed by atoms with van der Waals surface area (Å²) in [7, 11) is 0. The van der Waals surface area contributed by atoms with Crippen LogP contribution in [0.25, 0.3) is 6.08 Å². The Kier molecular flexibility index (Phi) is 3.44. The average Bonchev–Trinajstić information content (AvgIpc) is 3.03. The van der Waals surface area contributed by atoms with Crippen molar-refractivity contribution in [1.82, 2.24) is 4.98 Å². The first kappa shape index (κ1) is 15.4. The van der Waals surface area contributed by atoms with Crippen LogP contribution in [0.3, 0.4) is 0 Å². The van der Waals surface area contributed by atoms with Crippen LogP contribution >= 0.6 is 0 Å². The molecular weight excluding hydrogens is 312 g/mol.